The lowest BCUT2D eigenvalue weighted by molar-refractivity contribution is 0.0695. The molecule has 156 valence electrons. The second-order valence-electron chi connectivity index (χ2n) is 7.49. The third-order valence-electron chi connectivity index (χ3n) is 4.97. The monoisotopic (exact) mass is 423 g/mol. The standard InChI is InChI=1S/C24H25NO4S/c1-17(2)19-12-14-22(15-13-19)30(28,29)25-21-8-5-6-18(16-21)10-11-20-7-3-4-9-23(20)24(26)27/h3-9,12-17,25H,10-11H2,1-2H3,(H,26,27). The summed E-state index contributed by atoms with van der Waals surface area (Å²) in [5, 5.41) is 9.31. The summed E-state index contributed by atoms with van der Waals surface area (Å²) in [6.07, 6.45) is 1.15. The lowest BCUT2D eigenvalue weighted by Crippen LogP contribution is -2.13. The van der Waals surface area contributed by atoms with E-state index in [-0.39, 0.29) is 4.90 Å². The molecule has 0 amide bonds. The number of hydrogen-bond acceptors (Lipinski definition) is 3. The van der Waals surface area contributed by atoms with E-state index in [4.69, 9.17) is 0 Å². The number of hydrogen-bond donors (Lipinski definition) is 2. The normalized spacial score (nSPS) is 11.4. The SMILES string of the molecule is CC(C)c1ccc(S(=O)(=O)Nc2cccc(CCc3ccccc3C(=O)O)c2)cc1. The van der Waals surface area contributed by atoms with E-state index in [1.165, 1.54) is 0 Å². The van der Waals surface area contributed by atoms with Crippen LogP contribution in [0, 0.1) is 0 Å². The number of aryl methyl sites for hydroxylation is 2. The van der Waals surface area contributed by atoms with Crippen molar-refractivity contribution in [3.63, 3.8) is 0 Å². The highest BCUT2D eigenvalue weighted by Crippen LogP contribution is 2.21. The highest BCUT2D eigenvalue weighted by Gasteiger charge is 2.15. The van der Waals surface area contributed by atoms with Gasteiger partial charge in [-0.1, -0.05) is 56.3 Å². The minimum absolute atomic E-state index is 0.215. The van der Waals surface area contributed by atoms with Gasteiger partial charge in [-0.15, -0.1) is 0 Å². The molecule has 3 aromatic carbocycles. The van der Waals surface area contributed by atoms with Crippen molar-refractivity contribution in [1.82, 2.24) is 0 Å². The number of benzene rings is 3. The van der Waals surface area contributed by atoms with Crippen LogP contribution in [0.4, 0.5) is 5.69 Å². The van der Waals surface area contributed by atoms with Crippen LogP contribution in [0.3, 0.4) is 0 Å². The fraction of sp³-hybridized carbons (Fsp3) is 0.208. The molecule has 0 atom stereocenters. The maximum Gasteiger partial charge on any atom is 0.335 e. The first-order chi connectivity index (χ1) is 14.3. The summed E-state index contributed by atoms with van der Waals surface area (Å²) in [7, 11) is -3.69. The van der Waals surface area contributed by atoms with Crippen LogP contribution in [0.15, 0.2) is 77.7 Å². The molecule has 0 bridgehead atoms. The number of sulfonamides is 1. The summed E-state index contributed by atoms with van der Waals surface area (Å²) in [4.78, 5) is 11.6. The minimum Gasteiger partial charge on any atom is -0.478 e. The number of carboxylic acid groups (broad SMARTS) is 1. The third-order valence-corrected chi connectivity index (χ3v) is 6.36. The molecule has 5 nitrogen and oxygen atoms in total. The number of carbonyl (C=O) groups is 1. The first-order valence-corrected chi connectivity index (χ1v) is 11.3. The summed E-state index contributed by atoms with van der Waals surface area (Å²) < 4.78 is 28.1. The Hall–Kier alpha value is -3.12. The predicted molar refractivity (Wildman–Crippen MR) is 119 cm³/mol. The zero-order chi connectivity index (χ0) is 21.7. The van der Waals surface area contributed by atoms with Crippen LogP contribution in [-0.2, 0) is 22.9 Å². The van der Waals surface area contributed by atoms with Crippen molar-refractivity contribution in [2.45, 2.75) is 37.5 Å². The maximum absolute atomic E-state index is 12.7. The fourth-order valence-electron chi connectivity index (χ4n) is 3.26. The van der Waals surface area contributed by atoms with Crippen LogP contribution in [-0.4, -0.2) is 19.5 Å². The van der Waals surface area contributed by atoms with E-state index in [0.717, 1.165) is 16.7 Å². The van der Waals surface area contributed by atoms with E-state index in [0.29, 0.717) is 30.0 Å². The molecule has 3 aromatic rings. The molecule has 0 aromatic heterocycles. The summed E-state index contributed by atoms with van der Waals surface area (Å²) in [5.41, 5.74) is 3.52. The van der Waals surface area contributed by atoms with Crippen molar-refractivity contribution in [2.24, 2.45) is 0 Å². The Morgan fingerprint density at radius 1 is 0.933 bits per heavy atom. The van der Waals surface area contributed by atoms with Crippen LogP contribution in [0.1, 0.15) is 46.8 Å². The van der Waals surface area contributed by atoms with Crippen molar-refractivity contribution >= 4 is 21.7 Å². The molecule has 0 saturated carbocycles. The Morgan fingerprint density at radius 2 is 1.63 bits per heavy atom. The Morgan fingerprint density at radius 3 is 2.30 bits per heavy atom. The predicted octanol–water partition coefficient (Wildman–Crippen LogP) is 5.09. The van der Waals surface area contributed by atoms with Gasteiger partial charge < -0.3 is 5.11 Å². The highest BCUT2D eigenvalue weighted by atomic mass is 32.2. The highest BCUT2D eigenvalue weighted by molar-refractivity contribution is 7.92. The lowest BCUT2D eigenvalue weighted by atomic mass is 10.00. The quantitative estimate of drug-likeness (QED) is 0.528. The molecule has 0 heterocycles. The van der Waals surface area contributed by atoms with Crippen LogP contribution >= 0.6 is 0 Å². The van der Waals surface area contributed by atoms with E-state index in [1.807, 2.05) is 24.3 Å². The lowest BCUT2D eigenvalue weighted by Gasteiger charge is -2.11. The molecule has 6 heteroatoms. The third kappa shape index (κ3) is 5.27. The Balaban J connectivity index is 1.73. The Labute approximate surface area is 177 Å². The zero-order valence-corrected chi connectivity index (χ0v) is 17.8. The molecular weight excluding hydrogens is 398 g/mol. The van der Waals surface area contributed by atoms with Gasteiger partial charge in [0.15, 0.2) is 0 Å². The first kappa shape index (κ1) is 21.6. The molecule has 0 aliphatic rings. The first-order valence-electron chi connectivity index (χ1n) is 9.79. The van der Waals surface area contributed by atoms with Gasteiger partial charge in [-0.25, -0.2) is 13.2 Å². The number of aromatic carboxylic acids is 1. The van der Waals surface area contributed by atoms with Gasteiger partial charge in [-0.2, -0.15) is 0 Å². The number of anilines is 1. The number of carboxylic acids is 1. The number of nitrogens with one attached hydrogen (secondary N) is 1. The topological polar surface area (TPSA) is 83.5 Å². The molecule has 0 radical (unpaired) electrons. The van der Waals surface area contributed by atoms with Gasteiger partial charge in [0.1, 0.15) is 0 Å². The van der Waals surface area contributed by atoms with Crippen LogP contribution in [0.25, 0.3) is 0 Å². The second kappa shape index (κ2) is 9.13. The van der Waals surface area contributed by atoms with Crippen molar-refractivity contribution in [3.05, 3.63) is 95.1 Å². The molecule has 0 fully saturated rings. The van der Waals surface area contributed by atoms with Crippen molar-refractivity contribution in [1.29, 1.82) is 0 Å². The van der Waals surface area contributed by atoms with Gasteiger partial charge in [-0.3, -0.25) is 4.72 Å². The van der Waals surface area contributed by atoms with Gasteiger partial charge >= 0.3 is 5.97 Å². The summed E-state index contributed by atoms with van der Waals surface area (Å²) in [5.74, 6) is -0.617. The molecule has 0 saturated heterocycles. The second-order valence-corrected chi connectivity index (χ2v) is 9.17. The van der Waals surface area contributed by atoms with Gasteiger partial charge in [0, 0.05) is 5.69 Å². The van der Waals surface area contributed by atoms with E-state index in [2.05, 4.69) is 18.6 Å². The van der Waals surface area contributed by atoms with Gasteiger partial charge in [0.25, 0.3) is 10.0 Å². The van der Waals surface area contributed by atoms with Gasteiger partial charge in [0.05, 0.1) is 10.5 Å². The fourth-order valence-corrected chi connectivity index (χ4v) is 4.31. The molecule has 0 spiro atoms. The van der Waals surface area contributed by atoms with Gasteiger partial charge in [0.2, 0.25) is 0 Å². The molecule has 0 aliphatic heterocycles. The van der Waals surface area contributed by atoms with Crippen LogP contribution < -0.4 is 4.72 Å². The minimum atomic E-state index is -3.69. The zero-order valence-electron chi connectivity index (χ0n) is 17.0. The molecule has 0 unspecified atom stereocenters. The molecular formula is C24H25NO4S. The molecule has 2 N–H and O–H groups in total. The molecule has 30 heavy (non-hydrogen) atoms. The maximum atomic E-state index is 12.7. The summed E-state index contributed by atoms with van der Waals surface area (Å²) in [6.45, 7) is 4.12. The Kier molecular flexibility index (Phi) is 6.57. The van der Waals surface area contributed by atoms with E-state index >= 15 is 0 Å². The Bertz CT molecular complexity index is 1140. The smallest absolute Gasteiger partial charge is 0.335 e. The average molecular weight is 424 g/mol. The molecule has 0 aliphatic carbocycles. The van der Waals surface area contributed by atoms with E-state index < -0.39 is 16.0 Å². The number of rotatable bonds is 8. The summed E-state index contributed by atoms with van der Waals surface area (Å²) in [6, 6.07) is 21.0. The van der Waals surface area contributed by atoms with Crippen molar-refractivity contribution in [3.8, 4) is 0 Å². The van der Waals surface area contributed by atoms with E-state index in [9.17, 15) is 18.3 Å². The van der Waals surface area contributed by atoms with Gasteiger partial charge in [-0.05, 0) is 65.8 Å². The van der Waals surface area contributed by atoms with Crippen LogP contribution in [0.5, 0.6) is 0 Å². The van der Waals surface area contributed by atoms with Crippen molar-refractivity contribution in [2.75, 3.05) is 4.72 Å². The largest absolute Gasteiger partial charge is 0.478 e. The average Bonchev–Trinajstić information content (AvgIpc) is 2.72. The van der Waals surface area contributed by atoms with E-state index in [1.54, 1.807) is 48.5 Å². The molecule has 3 rings (SSSR count). The summed E-state index contributed by atoms with van der Waals surface area (Å²) >= 11 is 0. The van der Waals surface area contributed by atoms with Crippen molar-refractivity contribution < 1.29 is 18.3 Å². The van der Waals surface area contributed by atoms with Crippen LogP contribution in [0.2, 0.25) is 0 Å².